The van der Waals surface area contributed by atoms with Crippen molar-refractivity contribution in [3.8, 4) is 0 Å². The zero-order chi connectivity index (χ0) is 30.0. The quantitative estimate of drug-likeness (QED) is 0.277. The average molecular weight is 632 g/mol. The number of aromatic nitrogens is 3. The Hall–Kier alpha value is -3.87. The van der Waals surface area contributed by atoms with Gasteiger partial charge in [0.25, 0.3) is 10.0 Å². The van der Waals surface area contributed by atoms with Crippen LogP contribution in [-0.4, -0.2) is 76.5 Å². The first kappa shape index (κ1) is 29.6. The molecular formula is C28H28Cl2N6O5S. The van der Waals surface area contributed by atoms with Gasteiger partial charge in [-0.3, -0.25) is 9.59 Å². The highest BCUT2D eigenvalue weighted by Crippen LogP contribution is 2.30. The lowest BCUT2D eigenvalue weighted by atomic mass is 10.0. The molecule has 1 fully saturated rings. The number of benzene rings is 2. The molecule has 4 aromatic rings. The van der Waals surface area contributed by atoms with Gasteiger partial charge in [0.1, 0.15) is 18.7 Å². The molecule has 2 N–H and O–H groups in total. The van der Waals surface area contributed by atoms with Crippen LogP contribution >= 0.6 is 23.2 Å². The summed E-state index contributed by atoms with van der Waals surface area (Å²) in [6.07, 6.45) is 3.87. The monoisotopic (exact) mass is 630 g/mol. The van der Waals surface area contributed by atoms with Crippen LogP contribution in [0.5, 0.6) is 0 Å². The van der Waals surface area contributed by atoms with Crippen molar-refractivity contribution in [1.82, 2.24) is 18.8 Å². The van der Waals surface area contributed by atoms with Gasteiger partial charge in [0.05, 0.1) is 16.8 Å². The molecule has 5 rings (SSSR count). The highest BCUT2D eigenvalue weighted by Gasteiger charge is 2.32. The summed E-state index contributed by atoms with van der Waals surface area (Å²) < 4.78 is 27.9. The van der Waals surface area contributed by atoms with Crippen molar-refractivity contribution in [1.29, 1.82) is 0 Å². The van der Waals surface area contributed by atoms with Crippen LogP contribution in [0.1, 0.15) is 18.4 Å². The van der Waals surface area contributed by atoms with Gasteiger partial charge < -0.3 is 20.2 Å². The van der Waals surface area contributed by atoms with E-state index in [2.05, 4.69) is 15.3 Å². The number of halogens is 2. The molecule has 1 amide bonds. The number of nitrogens with zero attached hydrogens (tertiary/aromatic N) is 5. The first-order chi connectivity index (χ1) is 20.0. The van der Waals surface area contributed by atoms with Gasteiger partial charge in [-0.25, -0.2) is 22.4 Å². The number of piperidine rings is 1. The molecule has 0 unspecified atom stereocenters. The molecule has 1 aliphatic heterocycles. The molecule has 42 heavy (non-hydrogen) atoms. The third-order valence-corrected chi connectivity index (χ3v) is 9.20. The Kier molecular flexibility index (Phi) is 8.58. The summed E-state index contributed by atoms with van der Waals surface area (Å²) in [7, 11) is -3.97. The number of hydrogen-bond acceptors (Lipinski definition) is 8. The Balaban J connectivity index is 1.41. The van der Waals surface area contributed by atoms with Crippen LogP contribution in [0.15, 0.2) is 66.0 Å². The molecule has 1 atom stereocenters. The molecule has 0 radical (unpaired) electrons. The zero-order valence-corrected chi connectivity index (χ0v) is 24.9. The van der Waals surface area contributed by atoms with Crippen LogP contribution in [0, 0.1) is 6.92 Å². The normalized spacial score (nSPS) is 15.5. The van der Waals surface area contributed by atoms with E-state index in [0.29, 0.717) is 40.5 Å². The number of fused-ring (bicyclic) bond motifs is 1. The smallest absolute Gasteiger partial charge is 0.323 e. The van der Waals surface area contributed by atoms with E-state index < -0.39 is 22.5 Å². The molecule has 14 heteroatoms. The van der Waals surface area contributed by atoms with Crippen LogP contribution < -0.4 is 10.2 Å². The first-order valence-electron chi connectivity index (χ1n) is 13.1. The molecule has 1 aliphatic rings. The first-order valence-corrected chi connectivity index (χ1v) is 15.3. The Morgan fingerprint density at radius 1 is 1.10 bits per heavy atom. The number of carbonyl (C=O) groups is 2. The van der Waals surface area contributed by atoms with Gasteiger partial charge in [-0.1, -0.05) is 40.9 Å². The molecule has 0 spiro atoms. The molecule has 2 aromatic heterocycles. The number of carboxylic acid groups (broad SMARTS) is 1. The van der Waals surface area contributed by atoms with E-state index in [0.717, 1.165) is 9.54 Å². The van der Waals surface area contributed by atoms with Gasteiger partial charge in [0.2, 0.25) is 5.91 Å². The van der Waals surface area contributed by atoms with Crippen LogP contribution in [0.4, 0.5) is 11.5 Å². The fourth-order valence-electron chi connectivity index (χ4n) is 5.07. The number of nitrogens with one attached hydrogen (secondary N) is 1. The summed E-state index contributed by atoms with van der Waals surface area (Å²) >= 11 is 12.1. The van der Waals surface area contributed by atoms with Gasteiger partial charge >= 0.3 is 5.97 Å². The maximum absolute atomic E-state index is 13.4. The second kappa shape index (κ2) is 12.2. The minimum atomic E-state index is -3.97. The SMILES string of the molecule is Cc1ccc(S(=O)(=O)n2ccc3c(N(CC(=O)O)[C@@H]4CCCN(C(=O)CNc5cc(Cl)cc(Cl)c5)C4)ncnc32)cc1. The van der Waals surface area contributed by atoms with Crippen molar-refractivity contribution < 1.29 is 23.1 Å². The standard InChI is InChI=1S/C28H28Cl2N6O5S/c1-18-4-6-23(7-5-18)42(40,41)36-10-8-24-27(32-17-33-28(24)36)35(16-26(38)39)22-3-2-9-34(15-22)25(37)14-31-21-12-19(29)11-20(30)13-21/h4-8,10-13,17,22,31H,2-3,9,14-16H2,1H3,(H,38,39)/t22-/m1/s1. The van der Waals surface area contributed by atoms with E-state index in [1.807, 2.05) is 6.92 Å². The van der Waals surface area contributed by atoms with E-state index in [1.54, 1.807) is 46.2 Å². The van der Waals surface area contributed by atoms with Crippen LogP contribution in [0.2, 0.25) is 10.0 Å². The molecule has 11 nitrogen and oxygen atoms in total. The van der Waals surface area contributed by atoms with Crippen LogP contribution in [-0.2, 0) is 19.6 Å². The molecule has 220 valence electrons. The number of hydrogen-bond donors (Lipinski definition) is 2. The third kappa shape index (κ3) is 6.30. The number of likely N-dealkylation sites (tertiary alicyclic amines) is 1. The van der Waals surface area contributed by atoms with Crippen molar-refractivity contribution in [3.05, 3.63) is 76.7 Å². The van der Waals surface area contributed by atoms with Gasteiger partial charge in [-0.2, -0.15) is 0 Å². The van der Waals surface area contributed by atoms with Gasteiger partial charge in [-0.15, -0.1) is 0 Å². The summed E-state index contributed by atoms with van der Waals surface area (Å²) in [5.41, 5.74) is 1.66. The zero-order valence-electron chi connectivity index (χ0n) is 22.6. The van der Waals surface area contributed by atoms with Crippen molar-refractivity contribution in [2.75, 3.05) is 36.4 Å². The average Bonchev–Trinajstić information content (AvgIpc) is 3.40. The van der Waals surface area contributed by atoms with E-state index in [1.165, 1.54) is 24.7 Å². The highest BCUT2D eigenvalue weighted by atomic mass is 35.5. The van der Waals surface area contributed by atoms with Crippen molar-refractivity contribution in [3.63, 3.8) is 0 Å². The highest BCUT2D eigenvalue weighted by molar-refractivity contribution is 7.90. The molecule has 3 heterocycles. The number of amides is 1. The molecule has 1 saturated heterocycles. The predicted octanol–water partition coefficient (Wildman–Crippen LogP) is 4.28. The number of rotatable bonds is 9. The van der Waals surface area contributed by atoms with Crippen molar-refractivity contribution in [2.45, 2.75) is 30.7 Å². The van der Waals surface area contributed by atoms with E-state index in [9.17, 15) is 23.1 Å². The predicted molar refractivity (Wildman–Crippen MR) is 161 cm³/mol. The second-order valence-corrected chi connectivity index (χ2v) is 12.7. The topological polar surface area (TPSA) is 138 Å². The number of aryl methyl sites for hydroxylation is 1. The summed E-state index contributed by atoms with van der Waals surface area (Å²) in [5.74, 6) is -0.975. The largest absolute Gasteiger partial charge is 0.480 e. The van der Waals surface area contributed by atoms with Crippen LogP contribution in [0.3, 0.4) is 0 Å². The molecular weight excluding hydrogens is 603 g/mol. The Labute approximate surface area is 252 Å². The Bertz CT molecular complexity index is 1730. The number of carbonyl (C=O) groups excluding carboxylic acids is 1. The van der Waals surface area contributed by atoms with E-state index in [4.69, 9.17) is 23.2 Å². The molecule has 0 saturated carbocycles. The summed E-state index contributed by atoms with van der Waals surface area (Å²) in [4.78, 5) is 37.1. The van der Waals surface area contributed by atoms with E-state index in [-0.39, 0.29) is 41.4 Å². The van der Waals surface area contributed by atoms with Crippen LogP contribution in [0.25, 0.3) is 11.0 Å². The number of carboxylic acids is 1. The summed E-state index contributed by atoms with van der Waals surface area (Å²) in [6, 6.07) is 12.6. The molecule has 0 bridgehead atoms. The van der Waals surface area contributed by atoms with E-state index >= 15 is 0 Å². The minimum Gasteiger partial charge on any atom is -0.480 e. The lowest BCUT2D eigenvalue weighted by Gasteiger charge is -2.39. The lowest BCUT2D eigenvalue weighted by Crippen LogP contribution is -2.52. The molecule has 2 aromatic carbocycles. The fourth-order valence-corrected chi connectivity index (χ4v) is 6.89. The van der Waals surface area contributed by atoms with Gasteiger partial charge in [0.15, 0.2) is 5.65 Å². The van der Waals surface area contributed by atoms with Crippen molar-refractivity contribution in [2.24, 2.45) is 0 Å². The molecule has 0 aliphatic carbocycles. The van der Waals surface area contributed by atoms with Gasteiger partial charge in [0, 0.05) is 41.1 Å². The summed E-state index contributed by atoms with van der Waals surface area (Å²) in [5, 5.41) is 14.1. The summed E-state index contributed by atoms with van der Waals surface area (Å²) in [6.45, 7) is 2.24. The minimum absolute atomic E-state index is 0.000204. The second-order valence-electron chi connectivity index (χ2n) is 10.0. The fraction of sp³-hybridized carbons (Fsp3) is 0.286. The third-order valence-electron chi connectivity index (χ3n) is 7.08. The lowest BCUT2D eigenvalue weighted by molar-refractivity contribution is -0.135. The Morgan fingerprint density at radius 2 is 1.81 bits per heavy atom. The van der Waals surface area contributed by atoms with Crippen molar-refractivity contribution >= 4 is 67.6 Å². The maximum atomic E-state index is 13.4. The Morgan fingerprint density at radius 3 is 2.50 bits per heavy atom. The maximum Gasteiger partial charge on any atom is 0.323 e. The van der Waals surface area contributed by atoms with Gasteiger partial charge in [-0.05, 0) is 56.2 Å². The number of anilines is 2. The number of aliphatic carboxylic acids is 1.